The molecule has 0 radical (unpaired) electrons. The molecule has 2 saturated heterocycles. The molecule has 6 nitrogen and oxygen atoms in total. The zero-order valence-corrected chi connectivity index (χ0v) is 19.4. The second kappa shape index (κ2) is 8.96. The van der Waals surface area contributed by atoms with Crippen molar-refractivity contribution in [3.8, 4) is 0 Å². The molecular weight excluding hydrogens is 508 g/mol. The van der Waals surface area contributed by atoms with Crippen molar-refractivity contribution in [3.63, 3.8) is 0 Å². The van der Waals surface area contributed by atoms with Gasteiger partial charge in [0.25, 0.3) is 11.1 Å². The van der Waals surface area contributed by atoms with Gasteiger partial charge in [0.05, 0.1) is 34.8 Å². The predicted octanol–water partition coefficient (Wildman–Crippen LogP) is 5.10. The summed E-state index contributed by atoms with van der Waals surface area (Å²) in [5.74, 6) is -0.547. The number of halogens is 5. The first-order chi connectivity index (χ1) is 16.6. The van der Waals surface area contributed by atoms with Crippen LogP contribution in [0.5, 0.6) is 0 Å². The lowest BCUT2D eigenvalue weighted by molar-refractivity contribution is -0.138. The van der Waals surface area contributed by atoms with Gasteiger partial charge in [-0.2, -0.15) is 18.3 Å². The van der Waals surface area contributed by atoms with Crippen LogP contribution >= 0.6 is 23.4 Å². The molecule has 2 fully saturated rings. The average molecular weight is 525 g/mol. The van der Waals surface area contributed by atoms with Gasteiger partial charge in [0.1, 0.15) is 6.17 Å². The number of carbonyl (C=O) groups is 2. The fourth-order valence-corrected chi connectivity index (χ4v) is 5.29. The monoisotopic (exact) mass is 524 g/mol. The number of carbonyl (C=O) groups excluding carboxylic acids is 2. The number of alkyl halides is 4. The second-order valence-electron chi connectivity index (χ2n) is 8.21. The normalized spacial score (nSPS) is 22.2. The minimum absolute atomic E-state index is 0.00770. The first kappa shape index (κ1) is 23.8. The van der Waals surface area contributed by atoms with E-state index in [1.165, 1.54) is 29.1 Å². The molecule has 12 heteroatoms. The van der Waals surface area contributed by atoms with Crippen LogP contribution in [-0.2, 0) is 17.5 Å². The van der Waals surface area contributed by atoms with Crippen LogP contribution in [0.4, 0.5) is 22.4 Å². The average Bonchev–Trinajstić information content (AvgIpc) is 3.46. The van der Waals surface area contributed by atoms with E-state index in [0.717, 1.165) is 22.7 Å². The number of amides is 2. The maximum absolute atomic E-state index is 14.1. The van der Waals surface area contributed by atoms with Crippen LogP contribution in [0.15, 0.2) is 47.5 Å². The van der Waals surface area contributed by atoms with Crippen LogP contribution in [0.25, 0.3) is 17.0 Å². The van der Waals surface area contributed by atoms with E-state index in [1.54, 1.807) is 18.2 Å². The number of nitrogens with one attached hydrogen (secondary N) is 1. The lowest BCUT2D eigenvalue weighted by atomic mass is 10.1. The summed E-state index contributed by atoms with van der Waals surface area (Å²) in [5, 5.41) is 7.17. The van der Waals surface area contributed by atoms with E-state index in [-0.39, 0.29) is 35.1 Å². The molecular formula is C23H17ClF4N4O2S. The van der Waals surface area contributed by atoms with E-state index in [0.29, 0.717) is 16.5 Å². The quantitative estimate of drug-likeness (QED) is 0.380. The molecule has 2 unspecified atom stereocenters. The van der Waals surface area contributed by atoms with E-state index in [9.17, 15) is 27.2 Å². The molecule has 2 amide bonds. The van der Waals surface area contributed by atoms with Crippen molar-refractivity contribution < 1.29 is 27.2 Å². The zero-order valence-electron chi connectivity index (χ0n) is 17.9. The van der Waals surface area contributed by atoms with Gasteiger partial charge in [-0.1, -0.05) is 23.7 Å². The molecule has 0 spiro atoms. The lowest BCUT2D eigenvalue weighted by Gasteiger charge is -2.21. The van der Waals surface area contributed by atoms with E-state index in [2.05, 4.69) is 10.4 Å². The van der Waals surface area contributed by atoms with Gasteiger partial charge in [0.2, 0.25) is 0 Å². The third-order valence-electron chi connectivity index (χ3n) is 5.93. The van der Waals surface area contributed by atoms with Crippen LogP contribution < -0.4 is 5.32 Å². The number of nitrogens with zero attached hydrogens (tertiary/aromatic N) is 3. The summed E-state index contributed by atoms with van der Waals surface area (Å²) in [6.45, 7) is 0.182. The highest BCUT2D eigenvalue weighted by Crippen LogP contribution is 2.36. The first-order valence-corrected chi connectivity index (χ1v) is 11.7. The van der Waals surface area contributed by atoms with Gasteiger partial charge in [-0.25, -0.2) is 4.39 Å². The molecule has 2 aliphatic heterocycles. The molecule has 35 heavy (non-hydrogen) atoms. The van der Waals surface area contributed by atoms with Crippen LogP contribution in [0, 0.1) is 0 Å². The largest absolute Gasteiger partial charge is 0.416 e. The summed E-state index contributed by atoms with van der Waals surface area (Å²) in [5.41, 5.74) is 0.396. The van der Waals surface area contributed by atoms with Crippen LogP contribution in [0.2, 0.25) is 5.02 Å². The predicted molar refractivity (Wildman–Crippen MR) is 125 cm³/mol. The van der Waals surface area contributed by atoms with Crippen molar-refractivity contribution in [1.82, 2.24) is 20.0 Å². The van der Waals surface area contributed by atoms with E-state index >= 15 is 0 Å². The number of thioether (sulfide) groups is 1. The molecule has 2 aliphatic rings. The summed E-state index contributed by atoms with van der Waals surface area (Å²) in [7, 11) is 0. The van der Waals surface area contributed by atoms with E-state index in [1.807, 2.05) is 0 Å². The molecule has 1 aromatic heterocycles. The van der Waals surface area contributed by atoms with E-state index < -0.39 is 35.1 Å². The Hall–Kier alpha value is -2.89. The number of fused-ring (bicyclic) bond motifs is 1. The second-order valence-corrected chi connectivity index (χ2v) is 9.64. The Balaban J connectivity index is 1.41. The molecule has 3 heterocycles. The Morgan fingerprint density at radius 1 is 1.17 bits per heavy atom. The molecule has 0 aliphatic carbocycles. The number of hydrogen-bond acceptors (Lipinski definition) is 5. The van der Waals surface area contributed by atoms with Gasteiger partial charge in [0.15, 0.2) is 0 Å². The molecule has 0 bridgehead atoms. The summed E-state index contributed by atoms with van der Waals surface area (Å²) < 4.78 is 55.9. The summed E-state index contributed by atoms with van der Waals surface area (Å²) in [4.78, 5) is 26.3. The molecule has 2 atom stereocenters. The highest BCUT2D eigenvalue weighted by Gasteiger charge is 2.44. The smallest absolute Gasteiger partial charge is 0.312 e. The first-order valence-electron chi connectivity index (χ1n) is 10.5. The van der Waals surface area contributed by atoms with Gasteiger partial charge in [-0.15, -0.1) is 0 Å². The van der Waals surface area contributed by atoms with Gasteiger partial charge >= 0.3 is 6.18 Å². The number of imide groups is 1. The molecule has 5 rings (SSSR count). The fourth-order valence-electron chi connectivity index (χ4n) is 4.24. The Morgan fingerprint density at radius 3 is 2.69 bits per heavy atom. The number of hydrogen-bond donors (Lipinski definition) is 1. The summed E-state index contributed by atoms with van der Waals surface area (Å²) in [6.07, 6.45) is -2.82. The Kier molecular flexibility index (Phi) is 6.10. The third-order valence-corrected chi connectivity index (χ3v) is 7.05. The van der Waals surface area contributed by atoms with Crippen molar-refractivity contribution in [2.75, 3.05) is 13.1 Å². The van der Waals surface area contributed by atoms with Crippen LogP contribution in [0.3, 0.4) is 0 Å². The van der Waals surface area contributed by atoms with Gasteiger partial charge in [-0.05, 0) is 53.2 Å². The van der Waals surface area contributed by atoms with Crippen molar-refractivity contribution in [1.29, 1.82) is 0 Å². The molecule has 2 aromatic carbocycles. The maximum atomic E-state index is 14.1. The topological polar surface area (TPSA) is 67.2 Å². The van der Waals surface area contributed by atoms with Crippen molar-refractivity contribution in [2.24, 2.45) is 0 Å². The minimum atomic E-state index is -4.56. The highest BCUT2D eigenvalue weighted by atomic mass is 35.5. The maximum Gasteiger partial charge on any atom is 0.416 e. The van der Waals surface area contributed by atoms with Crippen molar-refractivity contribution >= 4 is 51.5 Å². The van der Waals surface area contributed by atoms with E-state index in [4.69, 9.17) is 11.6 Å². The van der Waals surface area contributed by atoms with Crippen LogP contribution in [0.1, 0.15) is 16.7 Å². The standard InChI is InChI=1S/C23H17ClF4N4O2S/c24-15-3-2-13(16(7-15)23(26,27)28)11-31-18-4-1-12(5-14(18)8-30-31)6-20-21(33)32(22(34)35-20)19-10-29-9-17(19)25/h1-8,17,19,29H,9-11H2/b20-6-. The summed E-state index contributed by atoms with van der Waals surface area (Å²) in [6, 6.07) is 7.86. The Morgan fingerprint density at radius 2 is 1.97 bits per heavy atom. The van der Waals surface area contributed by atoms with Crippen LogP contribution in [-0.4, -0.2) is 51.1 Å². The molecule has 1 N–H and O–H groups in total. The number of aromatic nitrogens is 2. The molecule has 0 saturated carbocycles. The molecule has 182 valence electrons. The number of rotatable bonds is 4. The fraction of sp³-hybridized carbons (Fsp3) is 0.261. The highest BCUT2D eigenvalue weighted by molar-refractivity contribution is 8.18. The zero-order chi connectivity index (χ0) is 24.9. The SMILES string of the molecule is O=C1S/C(=C\c2ccc3c(cnn3Cc3ccc(Cl)cc3C(F)(F)F)c2)C(=O)N1C1CNCC1F. The Bertz CT molecular complexity index is 1370. The van der Waals surface area contributed by atoms with Crippen molar-refractivity contribution in [2.45, 2.75) is 24.9 Å². The minimum Gasteiger partial charge on any atom is -0.312 e. The summed E-state index contributed by atoms with van der Waals surface area (Å²) >= 11 is 6.51. The lowest BCUT2D eigenvalue weighted by Crippen LogP contribution is -2.44. The van der Waals surface area contributed by atoms with Gasteiger partial charge in [-0.3, -0.25) is 19.2 Å². The van der Waals surface area contributed by atoms with Gasteiger partial charge < -0.3 is 5.32 Å². The molecule has 3 aromatic rings. The number of benzene rings is 2. The third kappa shape index (κ3) is 4.55. The van der Waals surface area contributed by atoms with Gasteiger partial charge in [0, 0.05) is 23.5 Å². The van der Waals surface area contributed by atoms with Crippen molar-refractivity contribution in [3.05, 3.63) is 69.2 Å². The Labute approximate surface area is 205 Å².